The van der Waals surface area contributed by atoms with Gasteiger partial charge in [0.05, 0.1) is 91.8 Å². The van der Waals surface area contributed by atoms with E-state index in [0.717, 1.165) is 45.9 Å². The number of carbonyl (C=O) groups is 2. The van der Waals surface area contributed by atoms with Crippen molar-refractivity contribution in [1.29, 1.82) is 0 Å². The summed E-state index contributed by atoms with van der Waals surface area (Å²) < 4.78 is 247. The number of nitrogens with one attached hydrogen (secondary N) is 4. The van der Waals surface area contributed by atoms with E-state index >= 15 is 17.6 Å². The number of benzene rings is 4. The molecule has 12 aromatic rings. The fourth-order valence-electron chi connectivity index (χ4n) is 15.3. The van der Waals surface area contributed by atoms with Gasteiger partial charge in [-0.1, -0.05) is 23.2 Å². The van der Waals surface area contributed by atoms with Gasteiger partial charge in [0, 0.05) is 74.2 Å². The van der Waals surface area contributed by atoms with E-state index in [2.05, 4.69) is 60.4 Å². The van der Waals surface area contributed by atoms with E-state index in [-0.39, 0.29) is 149 Å². The Morgan fingerprint density at radius 2 is 0.905 bits per heavy atom. The molecule has 4 aliphatic carbocycles. The average Bonchev–Trinajstić information content (AvgIpc) is 1.52. The van der Waals surface area contributed by atoms with Crippen molar-refractivity contribution >= 4 is 111 Å². The topological polar surface area (TPSA) is 336 Å². The molecule has 0 spiro atoms. The van der Waals surface area contributed by atoms with Crippen molar-refractivity contribution in [3.05, 3.63) is 196 Å². The van der Waals surface area contributed by atoms with Gasteiger partial charge in [0.25, 0.3) is 35.8 Å². The third-order valence-corrected chi connectivity index (χ3v) is 21.6. The van der Waals surface area contributed by atoms with E-state index in [1.54, 1.807) is 13.8 Å². The van der Waals surface area contributed by atoms with Crippen molar-refractivity contribution in [2.75, 3.05) is 35.2 Å². The molecule has 2 fully saturated rings. The Balaban J connectivity index is 0.000000182. The zero-order valence-corrected chi connectivity index (χ0v) is 64.0. The Hall–Kier alpha value is -11.4. The van der Waals surface area contributed by atoms with E-state index in [9.17, 15) is 71.1 Å². The lowest BCUT2D eigenvalue weighted by molar-refractivity contribution is -0.123. The quantitative estimate of drug-likeness (QED) is 0.0408. The highest BCUT2D eigenvalue weighted by Crippen LogP contribution is 2.69. The molecule has 0 aliphatic heterocycles. The third-order valence-electron chi connectivity index (χ3n) is 19.9. The minimum atomic E-state index is -3.90. The summed E-state index contributed by atoms with van der Waals surface area (Å²) in [6.07, 6.45) is -5.59. The van der Waals surface area contributed by atoms with Crippen LogP contribution in [-0.2, 0) is 81.5 Å². The number of carbonyl (C=O) groups excluding carboxylic acids is 2. The number of halogens is 14. The van der Waals surface area contributed by atoms with Gasteiger partial charge in [-0.25, -0.2) is 61.9 Å². The van der Waals surface area contributed by atoms with E-state index in [0.29, 0.717) is 21.5 Å². The fourth-order valence-corrected chi connectivity index (χ4v) is 16.8. The highest BCUT2D eigenvalue weighted by atomic mass is 35.5. The lowest BCUT2D eigenvalue weighted by Gasteiger charge is -2.24. The third kappa shape index (κ3) is 14.7. The molecule has 6 atom stereocenters. The average molecular weight is 1700 g/mol. The molecule has 4 N–H and O–H groups in total. The molecule has 2 saturated carbocycles. The number of sulfonamides is 2. The molecule has 0 saturated heterocycles. The van der Waals surface area contributed by atoms with Gasteiger partial charge in [-0.3, -0.25) is 56.5 Å². The van der Waals surface area contributed by atoms with Crippen LogP contribution in [0.15, 0.2) is 94.5 Å². The highest BCUT2D eigenvalue weighted by Gasteiger charge is 2.68. The summed E-state index contributed by atoms with van der Waals surface area (Å²) in [6, 6.07) is 13.1. The van der Waals surface area contributed by atoms with Crippen LogP contribution in [0, 0.1) is 35.1 Å². The smallest absolute Gasteiger partial charge is 0.293 e. The predicted octanol–water partition coefficient (Wildman–Crippen LogP) is 11.6. The molecule has 2 amide bonds. The lowest BCUT2D eigenvalue weighted by atomic mass is 10.0. The minimum absolute atomic E-state index is 0.00533. The van der Waals surface area contributed by atoms with E-state index in [4.69, 9.17) is 32.7 Å². The second-order valence-corrected chi connectivity index (χ2v) is 32.3. The van der Waals surface area contributed by atoms with Gasteiger partial charge in [0.2, 0.25) is 43.6 Å². The van der Waals surface area contributed by atoms with Gasteiger partial charge in [0.15, 0.2) is 22.9 Å². The zero-order chi connectivity index (χ0) is 83.2. The fraction of sp³-hybridized carbons (Fsp3) is 0.333. The summed E-state index contributed by atoms with van der Waals surface area (Å²) in [7, 11) is -4.93. The van der Waals surface area contributed by atoms with Crippen LogP contribution >= 0.6 is 23.2 Å². The normalized spacial score (nSPS) is 17.4. The molecule has 8 heterocycles. The van der Waals surface area contributed by atoms with E-state index in [1.165, 1.54) is 72.0 Å². The molecule has 0 bridgehead atoms. The number of anilines is 2. The molecule has 28 nitrogen and oxygen atoms in total. The number of aromatic nitrogens is 14. The van der Waals surface area contributed by atoms with Gasteiger partial charge in [-0.2, -0.15) is 47.9 Å². The van der Waals surface area contributed by atoms with Gasteiger partial charge >= 0.3 is 0 Å². The largest absolute Gasteiger partial charge is 0.478 e. The molecule has 0 radical (unpaired) electrons. The van der Waals surface area contributed by atoms with Crippen molar-refractivity contribution in [2.45, 2.75) is 101 Å². The Morgan fingerprint density at radius 1 is 0.543 bits per heavy atom. The SMILES string of the molecule is CCOc1ccc2c(=O)n(-c3ccc(Cl)c4c(NS(C)(=O)=O)nn(C)c34)c(C(Cc3cc(F)cc(F)c3)NC(=O)Cn3nc(C(F)F)c4c3C(F)(F)[C@@H]3C[C@H]43)nc2n1.CCOc1ccc2c(=O)n(-c3ccc(Cl)c4c(NS(C)(=O)=O)nn(C)c34)c([C@H](Cc3cc(F)cc(F)c3)NC(=O)Cn3nc(C(F)F)c4c3C(F)(F)[C@@H]3C[C@H]43)nc2n1. The molecule has 44 heteroatoms. The van der Waals surface area contributed by atoms with Crippen LogP contribution in [0.4, 0.5) is 64.3 Å². The maximum Gasteiger partial charge on any atom is 0.293 e. The Morgan fingerprint density at radius 3 is 1.24 bits per heavy atom. The predicted molar refractivity (Wildman–Crippen MR) is 394 cm³/mol. The molecule has 116 heavy (non-hydrogen) atoms. The van der Waals surface area contributed by atoms with Crippen molar-refractivity contribution in [1.82, 2.24) is 78.8 Å². The molecule has 4 aliphatic rings. The molecule has 4 aromatic carbocycles. The molecule has 8 aromatic heterocycles. The number of rotatable bonds is 24. The highest BCUT2D eigenvalue weighted by molar-refractivity contribution is 7.92. The second kappa shape index (κ2) is 29.4. The van der Waals surface area contributed by atoms with Crippen LogP contribution in [0.3, 0.4) is 0 Å². The summed E-state index contributed by atoms with van der Waals surface area (Å²) in [6.45, 7) is 1.77. The number of hydrogen-bond donors (Lipinski definition) is 4. The van der Waals surface area contributed by atoms with E-state index < -0.39 is 175 Å². The Bertz CT molecular complexity index is 6080. The Kier molecular flexibility index (Phi) is 20.2. The second-order valence-electron chi connectivity index (χ2n) is 28.0. The molecular weight excluding hydrogens is 1640 g/mol. The summed E-state index contributed by atoms with van der Waals surface area (Å²) in [4.78, 5) is 75.4. The summed E-state index contributed by atoms with van der Waals surface area (Å²) in [5.74, 6) is -18.1. The monoisotopic (exact) mass is 1700 g/mol. The number of nitrogens with zero attached hydrogens (tertiary/aromatic N) is 14. The molecular formula is C72H60Cl2F12N18O10S2. The van der Waals surface area contributed by atoms with Crippen molar-refractivity contribution in [3.8, 4) is 23.1 Å². The molecule has 16 rings (SSSR count). The first kappa shape index (κ1) is 79.8. The first-order valence-corrected chi connectivity index (χ1v) is 39.7. The molecule has 608 valence electrons. The van der Waals surface area contributed by atoms with Crippen LogP contribution < -0.4 is 40.7 Å². The van der Waals surface area contributed by atoms with Gasteiger partial charge in [-0.05, 0) is 110 Å². The number of ether oxygens (including phenoxy) is 2. The van der Waals surface area contributed by atoms with Crippen LogP contribution in [0.5, 0.6) is 11.8 Å². The van der Waals surface area contributed by atoms with Crippen LogP contribution in [0.1, 0.15) is 120 Å². The van der Waals surface area contributed by atoms with Gasteiger partial charge in [0.1, 0.15) is 70.8 Å². The lowest BCUT2D eigenvalue weighted by Crippen LogP contribution is -2.38. The first-order valence-electron chi connectivity index (χ1n) is 35.1. The van der Waals surface area contributed by atoms with Crippen LogP contribution in [0.25, 0.3) is 55.2 Å². The van der Waals surface area contributed by atoms with E-state index in [1.807, 2.05) is 0 Å². The first-order chi connectivity index (χ1) is 54.7. The van der Waals surface area contributed by atoms with Crippen molar-refractivity contribution in [2.24, 2.45) is 25.9 Å². The number of amides is 2. The number of aryl methyl sites for hydroxylation is 2. The van der Waals surface area contributed by atoms with Gasteiger partial charge < -0.3 is 20.1 Å². The number of alkyl halides is 8. The summed E-state index contributed by atoms with van der Waals surface area (Å²) in [5, 5.41) is 21.2. The number of hydrogen-bond acceptors (Lipinski definition) is 18. The maximum atomic E-state index is 15.4. The van der Waals surface area contributed by atoms with Crippen LogP contribution in [0.2, 0.25) is 10.0 Å². The minimum Gasteiger partial charge on any atom is -0.478 e. The summed E-state index contributed by atoms with van der Waals surface area (Å²) in [5.41, 5.74) is -5.78. The van der Waals surface area contributed by atoms with Crippen molar-refractivity contribution < 1.29 is 88.6 Å². The standard InChI is InChI=1S/2C36H30ClF6N9O5S/c2*1-4-57-25-8-5-18-32(45-25)46-34(52(35(18)54)23-7-6-21(37)27-29(23)50(2)48-33(27)49-58(3,55)56)22(11-15-9-16(38)12-17(39)10-15)44-24(53)14-51-30-26(28(47-51)31(40)41)19-13-20(19)36(30,42)43/h2*5-10,12,19-20,22,31H,4,11,13-14H2,1-3H3,(H,44,53)(H,48,49)/t19-,20+,22?;19-,20+,22-/m00/s1. The number of fused-ring (bicyclic) bond motifs is 10. The van der Waals surface area contributed by atoms with Crippen molar-refractivity contribution in [3.63, 3.8) is 0 Å². The van der Waals surface area contributed by atoms with Gasteiger partial charge in [-0.15, -0.1) is 0 Å². The Labute approximate surface area is 655 Å². The maximum absolute atomic E-state index is 15.4. The summed E-state index contributed by atoms with van der Waals surface area (Å²) >= 11 is 13.1. The van der Waals surface area contributed by atoms with Crippen LogP contribution in [-0.4, -0.2) is 123 Å². The molecule has 1 unspecified atom stereocenters. The zero-order valence-electron chi connectivity index (χ0n) is 60.8. The number of pyridine rings is 2.